The highest BCUT2D eigenvalue weighted by Gasteiger charge is 2.15. The topological polar surface area (TPSA) is 92.3 Å². The maximum absolute atomic E-state index is 12.1. The number of hydrogen-bond acceptors (Lipinski definition) is 7. The van der Waals surface area contributed by atoms with Gasteiger partial charge in [0.25, 0.3) is 5.91 Å². The van der Waals surface area contributed by atoms with Gasteiger partial charge in [-0.2, -0.15) is 0 Å². The number of benzene rings is 2. The molecule has 29 heavy (non-hydrogen) atoms. The molecule has 0 fully saturated rings. The van der Waals surface area contributed by atoms with Gasteiger partial charge in [0.05, 0.1) is 34.0 Å². The standard InChI is InChI=1S/C21H25NO7/c1-13-6-7-14(8-16(13)25-2)21(24)29-12-20(23)22-11-15-9-18(27-4)19(28-5)10-17(15)26-3/h6-10H,11-12H2,1-5H3,(H,22,23). The predicted molar refractivity (Wildman–Crippen MR) is 106 cm³/mol. The summed E-state index contributed by atoms with van der Waals surface area (Å²) in [5.41, 5.74) is 1.89. The van der Waals surface area contributed by atoms with Crippen LogP contribution in [0, 0.1) is 6.92 Å². The molecule has 1 amide bonds. The Morgan fingerprint density at radius 3 is 2.07 bits per heavy atom. The van der Waals surface area contributed by atoms with Gasteiger partial charge in [-0.05, 0) is 30.7 Å². The van der Waals surface area contributed by atoms with E-state index in [0.29, 0.717) is 34.1 Å². The molecular weight excluding hydrogens is 378 g/mol. The zero-order chi connectivity index (χ0) is 21.4. The molecule has 1 N–H and O–H groups in total. The fraction of sp³-hybridized carbons (Fsp3) is 0.333. The van der Waals surface area contributed by atoms with Crippen molar-refractivity contribution in [2.75, 3.05) is 35.0 Å². The van der Waals surface area contributed by atoms with Gasteiger partial charge in [-0.3, -0.25) is 4.79 Å². The van der Waals surface area contributed by atoms with Crippen LogP contribution in [0.1, 0.15) is 21.5 Å². The molecule has 0 radical (unpaired) electrons. The van der Waals surface area contributed by atoms with E-state index in [2.05, 4.69) is 5.32 Å². The van der Waals surface area contributed by atoms with Gasteiger partial charge in [-0.25, -0.2) is 4.79 Å². The van der Waals surface area contributed by atoms with E-state index < -0.39 is 18.5 Å². The van der Waals surface area contributed by atoms with Crippen molar-refractivity contribution in [3.63, 3.8) is 0 Å². The SMILES string of the molecule is COc1cc(C(=O)OCC(=O)NCc2cc(OC)c(OC)cc2OC)ccc1C. The maximum atomic E-state index is 12.1. The van der Waals surface area contributed by atoms with Crippen molar-refractivity contribution in [2.45, 2.75) is 13.5 Å². The van der Waals surface area contributed by atoms with Crippen molar-refractivity contribution in [1.82, 2.24) is 5.32 Å². The van der Waals surface area contributed by atoms with Crippen LogP contribution in [-0.2, 0) is 16.1 Å². The van der Waals surface area contributed by atoms with Crippen LogP contribution >= 0.6 is 0 Å². The van der Waals surface area contributed by atoms with Crippen molar-refractivity contribution in [2.24, 2.45) is 0 Å². The average Bonchev–Trinajstić information content (AvgIpc) is 2.75. The molecule has 0 aliphatic carbocycles. The second kappa shape index (κ2) is 10.2. The van der Waals surface area contributed by atoms with Crippen LogP contribution in [0.25, 0.3) is 0 Å². The zero-order valence-corrected chi connectivity index (χ0v) is 17.2. The minimum atomic E-state index is -0.609. The number of ether oxygens (including phenoxy) is 5. The molecular formula is C21H25NO7. The van der Waals surface area contributed by atoms with E-state index in [0.717, 1.165) is 5.56 Å². The predicted octanol–water partition coefficient (Wildman–Crippen LogP) is 2.50. The molecule has 0 heterocycles. The van der Waals surface area contributed by atoms with E-state index in [4.69, 9.17) is 23.7 Å². The molecule has 0 aliphatic rings. The molecule has 0 aromatic heterocycles. The Balaban J connectivity index is 1.95. The smallest absolute Gasteiger partial charge is 0.338 e. The summed E-state index contributed by atoms with van der Waals surface area (Å²) < 4.78 is 26.1. The lowest BCUT2D eigenvalue weighted by molar-refractivity contribution is -0.124. The van der Waals surface area contributed by atoms with E-state index in [1.807, 2.05) is 6.92 Å². The lowest BCUT2D eigenvalue weighted by atomic mass is 10.1. The summed E-state index contributed by atoms with van der Waals surface area (Å²) in [5.74, 6) is 1.08. The number of nitrogens with one attached hydrogen (secondary N) is 1. The normalized spacial score (nSPS) is 10.1. The number of hydrogen-bond donors (Lipinski definition) is 1. The van der Waals surface area contributed by atoms with Crippen molar-refractivity contribution >= 4 is 11.9 Å². The molecule has 156 valence electrons. The Morgan fingerprint density at radius 2 is 1.45 bits per heavy atom. The monoisotopic (exact) mass is 403 g/mol. The van der Waals surface area contributed by atoms with Gasteiger partial charge < -0.3 is 29.0 Å². The summed E-state index contributed by atoms with van der Waals surface area (Å²) >= 11 is 0. The Kier molecular flexibility index (Phi) is 7.70. The van der Waals surface area contributed by atoms with Crippen LogP contribution in [0.15, 0.2) is 30.3 Å². The first-order valence-corrected chi connectivity index (χ1v) is 8.80. The average molecular weight is 403 g/mol. The molecule has 2 aromatic carbocycles. The number of rotatable bonds is 9. The van der Waals surface area contributed by atoms with Crippen LogP contribution < -0.4 is 24.3 Å². The van der Waals surface area contributed by atoms with Crippen molar-refractivity contribution < 1.29 is 33.3 Å². The van der Waals surface area contributed by atoms with E-state index in [1.165, 1.54) is 28.4 Å². The fourth-order valence-corrected chi connectivity index (χ4v) is 2.64. The number of aryl methyl sites for hydroxylation is 1. The van der Waals surface area contributed by atoms with E-state index >= 15 is 0 Å². The lowest BCUT2D eigenvalue weighted by Gasteiger charge is -2.14. The van der Waals surface area contributed by atoms with Crippen LogP contribution in [0.4, 0.5) is 0 Å². The van der Waals surface area contributed by atoms with Gasteiger partial charge >= 0.3 is 5.97 Å². The first-order chi connectivity index (χ1) is 13.9. The number of carbonyl (C=O) groups excluding carboxylic acids is 2. The highest BCUT2D eigenvalue weighted by atomic mass is 16.5. The molecule has 0 saturated heterocycles. The number of esters is 1. The zero-order valence-electron chi connectivity index (χ0n) is 17.2. The molecule has 0 aliphatic heterocycles. The minimum Gasteiger partial charge on any atom is -0.496 e. The molecule has 0 bridgehead atoms. The van der Waals surface area contributed by atoms with Crippen LogP contribution in [0.5, 0.6) is 23.0 Å². The highest BCUT2D eigenvalue weighted by Crippen LogP contribution is 2.34. The van der Waals surface area contributed by atoms with Crippen LogP contribution in [0.2, 0.25) is 0 Å². The van der Waals surface area contributed by atoms with Gasteiger partial charge in [0.2, 0.25) is 0 Å². The maximum Gasteiger partial charge on any atom is 0.338 e. The highest BCUT2D eigenvalue weighted by molar-refractivity contribution is 5.91. The molecule has 2 rings (SSSR count). The van der Waals surface area contributed by atoms with Gasteiger partial charge in [0.15, 0.2) is 18.1 Å². The van der Waals surface area contributed by atoms with E-state index in [1.54, 1.807) is 30.3 Å². The van der Waals surface area contributed by atoms with Gasteiger partial charge in [-0.15, -0.1) is 0 Å². The first kappa shape index (κ1) is 21.9. The number of methoxy groups -OCH3 is 4. The Morgan fingerprint density at radius 1 is 0.828 bits per heavy atom. The van der Waals surface area contributed by atoms with Gasteiger partial charge in [0.1, 0.15) is 11.5 Å². The van der Waals surface area contributed by atoms with E-state index in [-0.39, 0.29) is 6.54 Å². The Bertz CT molecular complexity index is 880. The van der Waals surface area contributed by atoms with Crippen LogP contribution in [-0.4, -0.2) is 46.9 Å². The largest absolute Gasteiger partial charge is 0.496 e. The molecule has 8 nitrogen and oxygen atoms in total. The van der Waals surface area contributed by atoms with Crippen molar-refractivity contribution in [3.05, 3.63) is 47.0 Å². The number of carbonyl (C=O) groups is 2. The molecule has 0 spiro atoms. The minimum absolute atomic E-state index is 0.165. The summed E-state index contributed by atoms with van der Waals surface area (Å²) in [5, 5.41) is 2.68. The lowest BCUT2D eigenvalue weighted by Crippen LogP contribution is -2.28. The first-order valence-electron chi connectivity index (χ1n) is 8.80. The quantitative estimate of drug-likeness (QED) is 0.643. The summed E-state index contributed by atoms with van der Waals surface area (Å²) in [6.45, 7) is 1.62. The molecule has 0 unspecified atom stereocenters. The summed E-state index contributed by atoms with van der Waals surface area (Å²) in [7, 11) is 6.08. The second-order valence-corrected chi connectivity index (χ2v) is 6.06. The van der Waals surface area contributed by atoms with Crippen LogP contribution in [0.3, 0.4) is 0 Å². The van der Waals surface area contributed by atoms with Crippen molar-refractivity contribution in [1.29, 1.82) is 0 Å². The summed E-state index contributed by atoms with van der Waals surface area (Å²) in [4.78, 5) is 24.2. The summed E-state index contributed by atoms with van der Waals surface area (Å²) in [6, 6.07) is 8.32. The molecule has 2 aromatic rings. The summed E-state index contributed by atoms with van der Waals surface area (Å²) in [6.07, 6.45) is 0. The van der Waals surface area contributed by atoms with E-state index in [9.17, 15) is 9.59 Å². The second-order valence-electron chi connectivity index (χ2n) is 6.06. The Hall–Kier alpha value is -3.42. The number of amides is 1. The van der Waals surface area contributed by atoms with Gasteiger partial charge in [-0.1, -0.05) is 6.07 Å². The third kappa shape index (κ3) is 5.54. The molecule has 0 saturated carbocycles. The molecule has 0 atom stereocenters. The third-order valence-corrected chi connectivity index (χ3v) is 4.24. The van der Waals surface area contributed by atoms with Gasteiger partial charge in [0, 0.05) is 18.2 Å². The molecule has 8 heteroatoms. The van der Waals surface area contributed by atoms with Crippen molar-refractivity contribution in [3.8, 4) is 23.0 Å². The third-order valence-electron chi connectivity index (χ3n) is 4.24. The fourth-order valence-electron chi connectivity index (χ4n) is 2.64. The Labute approximate surface area is 169 Å².